The standard InChI is InChI=1S/C11H15.C5H5.2ClH.Zr/c1-9-6-7-11(8-9)10-4-2-3-5-10;1-2-4-5-3-1;;;/h6-8,10H,2-5H2,1H3;1-3H,4H2;2*1H;/q;;;;+2/p-2. The molecule has 0 radical (unpaired) electrons. The van der Waals surface area contributed by atoms with Crippen LogP contribution in [0.3, 0.4) is 0 Å². The van der Waals surface area contributed by atoms with Crippen LogP contribution >= 0.6 is 0 Å². The van der Waals surface area contributed by atoms with Gasteiger partial charge < -0.3 is 24.8 Å². The fraction of sp³-hybridized carbons (Fsp3) is 0.500. The quantitative estimate of drug-likeness (QED) is 0.582. The average molecular weight is 374 g/mol. The second-order valence-corrected chi connectivity index (χ2v) is 10.5. The van der Waals surface area contributed by atoms with Crippen LogP contribution in [0.25, 0.3) is 0 Å². The van der Waals surface area contributed by atoms with Crippen LogP contribution in [0, 0.1) is 5.92 Å². The topological polar surface area (TPSA) is 0 Å². The molecule has 1 unspecified atom stereocenters. The second-order valence-electron chi connectivity index (χ2n) is 5.69. The molecule has 0 N–H and O–H groups in total. The third-order valence-corrected chi connectivity index (χ3v) is 7.91. The van der Waals surface area contributed by atoms with Crippen LogP contribution in [-0.2, 0) is 23.2 Å². The van der Waals surface area contributed by atoms with Crippen LogP contribution in [0.4, 0.5) is 0 Å². The van der Waals surface area contributed by atoms with Gasteiger partial charge in [-0.2, -0.15) is 0 Å². The van der Waals surface area contributed by atoms with Crippen LogP contribution in [-0.4, -0.2) is 0 Å². The molecule has 0 aromatic heterocycles. The van der Waals surface area contributed by atoms with Crippen molar-refractivity contribution in [2.45, 2.75) is 42.2 Å². The molecule has 3 aliphatic carbocycles. The molecular formula is C16H20Cl2Zr. The summed E-state index contributed by atoms with van der Waals surface area (Å²) in [6, 6.07) is 0. The van der Waals surface area contributed by atoms with Crippen molar-refractivity contribution in [2.24, 2.45) is 5.92 Å². The summed E-state index contributed by atoms with van der Waals surface area (Å²) in [5.74, 6) is 0.892. The summed E-state index contributed by atoms with van der Waals surface area (Å²) in [5, 5.41) is 0. The molecule has 1 atom stereocenters. The molecule has 3 rings (SSSR count). The maximum Gasteiger partial charge on any atom is -1.00 e. The Morgan fingerprint density at radius 2 is 1.95 bits per heavy atom. The fourth-order valence-corrected chi connectivity index (χ4v) is 6.87. The normalized spacial score (nSPS) is 28.5. The van der Waals surface area contributed by atoms with Gasteiger partial charge in [0.2, 0.25) is 0 Å². The molecule has 3 aliphatic rings. The van der Waals surface area contributed by atoms with E-state index < -0.39 is 23.2 Å². The van der Waals surface area contributed by atoms with Gasteiger partial charge in [-0.05, 0) is 0 Å². The first kappa shape index (κ1) is 17.5. The minimum absolute atomic E-state index is 0. The first-order chi connectivity index (χ1) is 8.25. The summed E-state index contributed by atoms with van der Waals surface area (Å²) in [5.41, 5.74) is 1.66. The summed E-state index contributed by atoms with van der Waals surface area (Å²) >= 11 is -0.459. The smallest absolute Gasteiger partial charge is 1.00 e. The van der Waals surface area contributed by atoms with Gasteiger partial charge in [0, 0.05) is 0 Å². The molecular weight excluding hydrogens is 354 g/mol. The van der Waals surface area contributed by atoms with Crippen molar-refractivity contribution in [3.8, 4) is 0 Å². The van der Waals surface area contributed by atoms with Crippen LogP contribution < -0.4 is 24.8 Å². The molecule has 0 nitrogen and oxygen atoms in total. The molecule has 0 aromatic rings. The zero-order valence-electron chi connectivity index (χ0n) is 11.3. The molecule has 0 aromatic carbocycles. The van der Waals surface area contributed by atoms with E-state index in [1.807, 2.05) is 0 Å². The van der Waals surface area contributed by atoms with E-state index in [2.05, 4.69) is 43.4 Å². The van der Waals surface area contributed by atoms with Crippen molar-refractivity contribution in [3.63, 3.8) is 0 Å². The SMILES string of the molecule is C[C]1([Zr+2][C]2=CC=CC2)C=CC(C2CCCC2)=C1.[Cl-].[Cl-]. The van der Waals surface area contributed by atoms with Crippen molar-refractivity contribution in [2.75, 3.05) is 0 Å². The van der Waals surface area contributed by atoms with Crippen molar-refractivity contribution in [3.05, 3.63) is 45.3 Å². The summed E-state index contributed by atoms with van der Waals surface area (Å²) in [4.78, 5) is 0. The molecule has 0 heterocycles. The van der Waals surface area contributed by atoms with Crippen LogP contribution in [0.15, 0.2) is 45.3 Å². The van der Waals surface area contributed by atoms with Gasteiger partial charge in [0.15, 0.2) is 0 Å². The second kappa shape index (κ2) is 7.44. The van der Waals surface area contributed by atoms with E-state index in [1.54, 1.807) is 8.85 Å². The largest absolute Gasteiger partial charge is 1.00 e. The van der Waals surface area contributed by atoms with E-state index in [4.69, 9.17) is 0 Å². The monoisotopic (exact) mass is 372 g/mol. The Kier molecular flexibility index (Phi) is 6.84. The maximum atomic E-state index is 2.62. The fourth-order valence-electron chi connectivity index (χ4n) is 3.19. The predicted molar refractivity (Wildman–Crippen MR) is 69.4 cm³/mol. The van der Waals surface area contributed by atoms with E-state index in [9.17, 15) is 0 Å². The zero-order chi connectivity index (χ0) is 11.7. The van der Waals surface area contributed by atoms with Gasteiger partial charge in [0.25, 0.3) is 0 Å². The van der Waals surface area contributed by atoms with Crippen LogP contribution in [0.5, 0.6) is 0 Å². The number of allylic oxidation sites excluding steroid dienone is 8. The van der Waals surface area contributed by atoms with E-state index in [0.717, 1.165) is 5.92 Å². The van der Waals surface area contributed by atoms with Gasteiger partial charge in [-0.1, -0.05) is 0 Å². The van der Waals surface area contributed by atoms with Gasteiger partial charge in [-0.3, -0.25) is 0 Å². The first-order valence-corrected chi connectivity index (χ1v) is 9.27. The molecule has 0 spiro atoms. The Morgan fingerprint density at radius 1 is 1.21 bits per heavy atom. The Bertz CT molecular complexity index is 428. The summed E-state index contributed by atoms with van der Waals surface area (Å²) in [6.45, 7) is 2.46. The van der Waals surface area contributed by atoms with Crippen LogP contribution in [0.1, 0.15) is 39.0 Å². The van der Waals surface area contributed by atoms with E-state index >= 15 is 0 Å². The van der Waals surface area contributed by atoms with Crippen molar-refractivity contribution < 1.29 is 48.0 Å². The van der Waals surface area contributed by atoms with Crippen molar-refractivity contribution in [1.82, 2.24) is 0 Å². The Morgan fingerprint density at radius 3 is 2.58 bits per heavy atom. The average Bonchev–Trinajstić information content (AvgIpc) is 2.98. The first-order valence-electron chi connectivity index (χ1n) is 6.81. The maximum absolute atomic E-state index is 2.62. The Hall–Kier alpha value is 0.423. The summed E-state index contributed by atoms with van der Waals surface area (Å²) in [6.07, 6.45) is 21.5. The van der Waals surface area contributed by atoms with Gasteiger partial charge in [-0.15, -0.1) is 0 Å². The molecule has 0 amide bonds. The summed E-state index contributed by atoms with van der Waals surface area (Å²) in [7, 11) is 0. The van der Waals surface area contributed by atoms with Gasteiger partial charge in [0.1, 0.15) is 0 Å². The molecule has 1 fully saturated rings. The third kappa shape index (κ3) is 4.19. The Labute approximate surface area is 140 Å². The minimum atomic E-state index is -0.459. The number of rotatable bonds is 3. The molecule has 1 saturated carbocycles. The van der Waals surface area contributed by atoms with Crippen molar-refractivity contribution in [1.29, 1.82) is 0 Å². The molecule has 102 valence electrons. The van der Waals surface area contributed by atoms with Gasteiger partial charge in [-0.25, -0.2) is 0 Å². The molecule has 0 bridgehead atoms. The number of hydrogen-bond donors (Lipinski definition) is 0. The minimum Gasteiger partial charge on any atom is -1.00 e. The van der Waals surface area contributed by atoms with E-state index in [1.165, 1.54) is 32.1 Å². The van der Waals surface area contributed by atoms with Crippen LogP contribution in [0.2, 0.25) is 3.12 Å². The molecule has 3 heteroatoms. The van der Waals surface area contributed by atoms with E-state index in [0.29, 0.717) is 3.12 Å². The molecule has 19 heavy (non-hydrogen) atoms. The molecule has 0 aliphatic heterocycles. The van der Waals surface area contributed by atoms with E-state index in [-0.39, 0.29) is 24.8 Å². The zero-order valence-corrected chi connectivity index (χ0v) is 15.3. The van der Waals surface area contributed by atoms with Gasteiger partial charge >= 0.3 is 117 Å². The molecule has 0 saturated heterocycles. The predicted octanol–water partition coefficient (Wildman–Crippen LogP) is -1.21. The van der Waals surface area contributed by atoms with Gasteiger partial charge in [0.05, 0.1) is 0 Å². The third-order valence-electron chi connectivity index (χ3n) is 4.12. The number of hydrogen-bond acceptors (Lipinski definition) is 0. The number of halogens is 2. The Balaban J connectivity index is 0.000000902. The van der Waals surface area contributed by atoms with Crippen molar-refractivity contribution >= 4 is 0 Å². The summed E-state index contributed by atoms with van der Waals surface area (Å²) < 4.78 is 2.21.